The van der Waals surface area contributed by atoms with E-state index in [9.17, 15) is 0 Å². The lowest BCUT2D eigenvalue weighted by molar-refractivity contribution is 0.414. The maximum absolute atomic E-state index is 5.52. The van der Waals surface area contributed by atoms with Gasteiger partial charge in [0.25, 0.3) is 5.89 Å². The van der Waals surface area contributed by atoms with Gasteiger partial charge >= 0.3 is 0 Å². The standard InChI is InChI=1S/C19H19N3O2.ClH/c1-23-14-9-7-13(8-10-14)12-18-21-19(24-22-18)16-4-2-6-17-15(16)5-3-11-20-17;/h2,4,6-10,20H,3,5,11-12H2,1H3;1H. The summed E-state index contributed by atoms with van der Waals surface area (Å²) in [6.07, 6.45) is 2.80. The molecule has 0 unspecified atom stereocenters. The molecule has 0 spiro atoms. The van der Waals surface area contributed by atoms with Gasteiger partial charge < -0.3 is 14.6 Å². The Morgan fingerprint density at radius 2 is 2.00 bits per heavy atom. The van der Waals surface area contributed by atoms with Gasteiger partial charge in [0.05, 0.1) is 7.11 Å². The summed E-state index contributed by atoms with van der Waals surface area (Å²) in [6.45, 7) is 1.02. The molecule has 0 saturated carbocycles. The van der Waals surface area contributed by atoms with Crippen LogP contribution in [-0.4, -0.2) is 23.8 Å². The second kappa shape index (κ2) is 7.57. The van der Waals surface area contributed by atoms with Crippen LogP contribution >= 0.6 is 12.4 Å². The minimum atomic E-state index is 0. The van der Waals surface area contributed by atoms with Crippen LogP contribution in [0.5, 0.6) is 5.75 Å². The predicted molar refractivity (Wildman–Crippen MR) is 99.6 cm³/mol. The van der Waals surface area contributed by atoms with Gasteiger partial charge in [0.1, 0.15) is 5.75 Å². The maximum Gasteiger partial charge on any atom is 0.258 e. The summed E-state index contributed by atoms with van der Waals surface area (Å²) < 4.78 is 10.7. The highest BCUT2D eigenvalue weighted by molar-refractivity contribution is 5.85. The number of methoxy groups -OCH3 is 1. The largest absolute Gasteiger partial charge is 0.497 e. The summed E-state index contributed by atoms with van der Waals surface area (Å²) in [7, 11) is 1.66. The second-order valence-corrected chi connectivity index (χ2v) is 5.90. The zero-order valence-corrected chi connectivity index (χ0v) is 14.8. The topological polar surface area (TPSA) is 60.2 Å². The van der Waals surface area contributed by atoms with Crippen molar-refractivity contribution in [2.75, 3.05) is 19.0 Å². The predicted octanol–water partition coefficient (Wildman–Crippen LogP) is 4.12. The van der Waals surface area contributed by atoms with Crippen molar-refractivity contribution >= 4 is 18.1 Å². The number of nitrogens with zero attached hydrogens (tertiary/aromatic N) is 2. The van der Waals surface area contributed by atoms with Crippen molar-refractivity contribution in [3.8, 4) is 17.2 Å². The van der Waals surface area contributed by atoms with Crippen molar-refractivity contribution in [2.45, 2.75) is 19.3 Å². The van der Waals surface area contributed by atoms with E-state index in [1.54, 1.807) is 7.11 Å². The van der Waals surface area contributed by atoms with E-state index in [-0.39, 0.29) is 12.4 Å². The molecule has 0 amide bonds. The minimum absolute atomic E-state index is 0. The molecule has 5 nitrogen and oxygen atoms in total. The summed E-state index contributed by atoms with van der Waals surface area (Å²) in [4.78, 5) is 4.59. The zero-order valence-electron chi connectivity index (χ0n) is 14.0. The minimum Gasteiger partial charge on any atom is -0.497 e. The van der Waals surface area contributed by atoms with Crippen molar-refractivity contribution < 1.29 is 9.26 Å². The highest BCUT2D eigenvalue weighted by Crippen LogP contribution is 2.31. The molecule has 0 aliphatic carbocycles. The molecule has 25 heavy (non-hydrogen) atoms. The molecular weight excluding hydrogens is 338 g/mol. The number of rotatable bonds is 4. The second-order valence-electron chi connectivity index (χ2n) is 5.90. The van der Waals surface area contributed by atoms with Gasteiger partial charge in [-0.15, -0.1) is 12.4 Å². The quantitative estimate of drug-likeness (QED) is 0.761. The Hall–Kier alpha value is -2.53. The Balaban J connectivity index is 0.00000182. The molecule has 2 aromatic carbocycles. The first-order chi connectivity index (χ1) is 11.8. The summed E-state index contributed by atoms with van der Waals surface area (Å²) in [5.41, 5.74) is 4.60. The Bertz CT molecular complexity index is 846. The van der Waals surface area contributed by atoms with Gasteiger partial charge in [0, 0.05) is 24.2 Å². The number of anilines is 1. The summed E-state index contributed by atoms with van der Waals surface area (Å²) in [6, 6.07) is 14.1. The molecule has 1 aliphatic heterocycles. The number of ether oxygens (including phenoxy) is 1. The van der Waals surface area contributed by atoms with E-state index in [0.717, 1.165) is 36.3 Å². The van der Waals surface area contributed by atoms with Crippen molar-refractivity contribution in [3.05, 3.63) is 59.4 Å². The fourth-order valence-electron chi connectivity index (χ4n) is 3.07. The lowest BCUT2D eigenvalue weighted by Crippen LogP contribution is -2.12. The fraction of sp³-hybridized carbons (Fsp3) is 0.263. The molecule has 1 aliphatic rings. The molecule has 130 valence electrons. The third kappa shape index (κ3) is 3.61. The van der Waals surface area contributed by atoms with E-state index in [4.69, 9.17) is 9.26 Å². The average molecular weight is 358 g/mol. The molecule has 3 aromatic rings. The van der Waals surface area contributed by atoms with E-state index < -0.39 is 0 Å². The van der Waals surface area contributed by atoms with Gasteiger partial charge in [-0.3, -0.25) is 0 Å². The summed E-state index contributed by atoms with van der Waals surface area (Å²) in [5, 5.41) is 7.57. The van der Waals surface area contributed by atoms with E-state index in [1.165, 1.54) is 11.3 Å². The van der Waals surface area contributed by atoms with Crippen LogP contribution < -0.4 is 10.1 Å². The highest BCUT2D eigenvalue weighted by Gasteiger charge is 2.18. The number of benzene rings is 2. The monoisotopic (exact) mass is 357 g/mol. The van der Waals surface area contributed by atoms with Crippen LogP contribution in [-0.2, 0) is 12.8 Å². The van der Waals surface area contributed by atoms with E-state index >= 15 is 0 Å². The number of aromatic nitrogens is 2. The molecule has 0 bridgehead atoms. The Kier molecular flexibility index (Phi) is 5.24. The van der Waals surface area contributed by atoms with Crippen LogP contribution in [0.4, 0.5) is 5.69 Å². The molecule has 1 N–H and O–H groups in total. The van der Waals surface area contributed by atoms with Gasteiger partial charge in [0.2, 0.25) is 0 Å². The number of nitrogens with one attached hydrogen (secondary N) is 1. The molecule has 2 heterocycles. The van der Waals surface area contributed by atoms with E-state index in [1.807, 2.05) is 30.3 Å². The van der Waals surface area contributed by atoms with Crippen molar-refractivity contribution in [1.82, 2.24) is 10.1 Å². The van der Waals surface area contributed by atoms with Crippen LogP contribution in [0.2, 0.25) is 0 Å². The Morgan fingerprint density at radius 3 is 2.80 bits per heavy atom. The highest BCUT2D eigenvalue weighted by atomic mass is 35.5. The van der Waals surface area contributed by atoms with E-state index in [0.29, 0.717) is 18.1 Å². The number of fused-ring (bicyclic) bond motifs is 1. The van der Waals surface area contributed by atoms with Crippen molar-refractivity contribution in [3.63, 3.8) is 0 Å². The average Bonchev–Trinajstić information content (AvgIpc) is 3.10. The molecule has 1 aromatic heterocycles. The molecule has 0 radical (unpaired) electrons. The lowest BCUT2D eigenvalue weighted by Gasteiger charge is -2.19. The third-order valence-corrected chi connectivity index (χ3v) is 4.31. The van der Waals surface area contributed by atoms with Crippen LogP contribution in [0.1, 0.15) is 23.4 Å². The Morgan fingerprint density at radius 1 is 1.16 bits per heavy atom. The summed E-state index contributed by atoms with van der Waals surface area (Å²) >= 11 is 0. The summed E-state index contributed by atoms with van der Waals surface area (Å²) in [5.74, 6) is 2.13. The van der Waals surface area contributed by atoms with Crippen LogP contribution in [0, 0.1) is 0 Å². The molecule has 0 atom stereocenters. The maximum atomic E-state index is 5.52. The first-order valence-electron chi connectivity index (χ1n) is 8.15. The molecule has 6 heteroatoms. The Labute approximate surface area is 152 Å². The van der Waals surface area contributed by atoms with Crippen LogP contribution in [0.15, 0.2) is 47.0 Å². The molecule has 0 fully saturated rings. The first kappa shape index (κ1) is 17.3. The normalized spacial score (nSPS) is 12.7. The SMILES string of the molecule is COc1ccc(Cc2noc(-c3cccc4c3CCCN4)n2)cc1.Cl. The van der Waals surface area contributed by atoms with Crippen molar-refractivity contribution in [1.29, 1.82) is 0 Å². The fourth-order valence-corrected chi connectivity index (χ4v) is 3.07. The van der Waals surface area contributed by atoms with Gasteiger partial charge in [-0.1, -0.05) is 23.4 Å². The molecular formula is C19H20ClN3O2. The number of halogens is 1. The smallest absolute Gasteiger partial charge is 0.258 e. The first-order valence-corrected chi connectivity index (χ1v) is 8.15. The zero-order chi connectivity index (χ0) is 16.4. The lowest BCUT2D eigenvalue weighted by atomic mass is 9.97. The molecule has 4 rings (SSSR count). The third-order valence-electron chi connectivity index (χ3n) is 4.31. The van der Waals surface area contributed by atoms with Crippen LogP contribution in [0.25, 0.3) is 11.5 Å². The van der Waals surface area contributed by atoms with Crippen molar-refractivity contribution in [2.24, 2.45) is 0 Å². The van der Waals surface area contributed by atoms with Gasteiger partial charge in [-0.05, 0) is 48.2 Å². The number of hydrogen-bond acceptors (Lipinski definition) is 5. The van der Waals surface area contributed by atoms with E-state index in [2.05, 4.69) is 27.6 Å². The number of hydrogen-bond donors (Lipinski definition) is 1. The van der Waals surface area contributed by atoms with Gasteiger partial charge in [0.15, 0.2) is 5.82 Å². The molecule has 0 saturated heterocycles. The van der Waals surface area contributed by atoms with Gasteiger partial charge in [-0.25, -0.2) is 0 Å². The van der Waals surface area contributed by atoms with Crippen LogP contribution in [0.3, 0.4) is 0 Å². The van der Waals surface area contributed by atoms with Gasteiger partial charge in [-0.2, -0.15) is 4.98 Å².